The minimum atomic E-state index is 0.284. The van der Waals surface area contributed by atoms with Crippen LogP contribution in [-0.4, -0.2) is 30.3 Å². The fraction of sp³-hybridized carbons (Fsp3) is 0.235. The third-order valence-corrected chi connectivity index (χ3v) is 5.12. The average Bonchev–Trinajstić information content (AvgIpc) is 3.29. The Morgan fingerprint density at radius 3 is 2.75 bits per heavy atom. The van der Waals surface area contributed by atoms with E-state index >= 15 is 0 Å². The number of aromatic amines is 1. The Balaban J connectivity index is 1.84. The van der Waals surface area contributed by atoms with Gasteiger partial charge in [-0.05, 0) is 53.6 Å². The lowest BCUT2D eigenvalue weighted by atomic mass is 10.1. The number of phenols is 1. The summed E-state index contributed by atoms with van der Waals surface area (Å²) >= 11 is 1.67. The van der Waals surface area contributed by atoms with Crippen LogP contribution in [0.25, 0.3) is 32.2 Å². The monoisotopic (exact) mass is 339 g/mol. The van der Waals surface area contributed by atoms with Gasteiger partial charge in [-0.2, -0.15) is 5.21 Å². The highest BCUT2D eigenvalue weighted by atomic mass is 32.1. The molecule has 122 valence electrons. The number of H-pyrrole nitrogens is 1. The van der Waals surface area contributed by atoms with E-state index in [1.807, 2.05) is 12.1 Å². The van der Waals surface area contributed by atoms with E-state index in [-0.39, 0.29) is 5.75 Å². The Morgan fingerprint density at radius 2 is 2.04 bits per heavy atom. The molecule has 1 aromatic carbocycles. The van der Waals surface area contributed by atoms with Crippen molar-refractivity contribution in [2.45, 2.75) is 26.3 Å². The van der Waals surface area contributed by atoms with Gasteiger partial charge in [0.25, 0.3) is 0 Å². The lowest BCUT2D eigenvalue weighted by molar-refractivity contribution is 0.475. The number of tetrazole rings is 1. The number of thiophene rings is 1. The zero-order valence-electron chi connectivity index (χ0n) is 13.2. The van der Waals surface area contributed by atoms with Gasteiger partial charge in [0, 0.05) is 12.2 Å². The largest absolute Gasteiger partial charge is 0.508 e. The van der Waals surface area contributed by atoms with Gasteiger partial charge < -0.3 is 9.67 Å². The highest BCUT2D eigenvalue weighted by Crippen LogP contribution is 2.37. The van der Waals surface area contributed by atoms with Gasteiger partial charge in [-0.15, -0.1) is 21.5 Å². The van der Waals surface area contributed by atoms with Crippen molar-refractivity contribution in [2.24, 2.45) is 0 Å². The molecule has 7 heteroatoms. The van der Waals surface area contributed by atoms with E-state index in [0.29, 0.717) is 5.82 Å². The van der Waals surface area contributed by atoms with Gasteiger partial charge in [0.15, 0.2) is 0 Å². The normalized spacial score (nSPS) is 11.4. The average molecular weight is 339 g/mol. The number of aromatic hydroxyl groups is 1. The minimum Gasteiger partial charge on any atom is -0.508 e. The van der Waals surface area contributed by atoms with Crippen molar-refractivity contribution in [1.29, 1.82) is 0 Å². The Hall–Kier alpha value is -2.67. The number of fused-ring (bicyclic) bond motifs is 1. The topological polar surface area (TPSA) is 79.6 Å². The molecule has 4 rings (SSSR count). The van der Waals surface area contributed by atoms with Crippen molar-refractivity contribution in [3.8, 4) is 27.7 Å². The molecule has 24 heavy (non-hydrogen) atoms. The molecular weight excluding hydrogens is 322 g/mol. The van der Waals surface area contributed by atoms with E-state index < -0.39 is 0 Å². The van der Waals surface area contributed by atoms with Crippen molar-refractivity contribution in [1.82, 2.24) is 25.2 Å². The number of rotatable bonds is 5. The summed E-state index contributed by atoms with van der Waals surface area (Å²) in [4.78, 5) is 1.01. The molecule has 0 unspecified atom stereocenters. The molecule has 0 aliphatic heterocycles. The summed E-state index contributed by atoms with van der Waals surface area (Å²) in [5.74, 6) is 0.913. The van der Waals surface area contributed by atoms with Gasteiger partial charge in [0.05, 0.1) is 15.1 Å². The molecule has 0 saturated heterocycles. The second-order valence-corrected chi connectivity index (χ2v) is 6.76. The third kappa shape index (κ3) is 2.56. The number of aryl methyl sites for hydroxylation is 1. The van der Waals surface area contributed by atoms with Crippen molar-refractivity contribution in [3.05, 3.63) is 36.4 Å². The molecule has 0 saturated carbocycles. The summed E-state index contributed by atoms with van der Waals surface area (Å²) in [6.07, 6.45) is 2.25. The van der Waals surface area contributed by atoms with Gasteiger partial charge in [-0.25, -0.2) is 0 Å². The first kappa shape index (κ1) is 14.9. The lowest BCUT2D eigenvalue weighted by Crippen LogP contribution is -1.99. The predicted octanol–water partition coefficient (Wildman–Crippen LogP) is 4.06. The molecule has 0 aliphatic carbocycles. The number of phenolic OH excluding ortho intramolecular Hbond substituents is 1. The van der Waals surface area contributed by atoms with Gasteiger partial charge in [-0.1, -0.05) is 13.3 Å². The SMILES string of the molecule is CCCCn1c(-c2ccc(O)cc2)cc2sc(-c3nn[nH]n3)cc21. The molecule has 0 atom stereocenters. The van der Waals surface area contributed by atoms with Crippen LogP contribution >= 0.6 is 11.3 Å². The number of benzene rings is 1. The summed E-state index contributed by atoms with van der Waals surface area (Å²) < 4.78 is 3.54. The molecule has 0 radical (unpaired) electrons. The smallest absolute Gasteiger partial charge is 0.214 e. The third-order valence-electron chi connectivity index (χ3n) is 4.05. The molecule has 0 amide bonds. The summed E-state index contributed by atoms with van der Waals surface area (Å²) in [6, 6.07) is 11.7. The van der Waals surface area contributed by atoms with E-state index in [9.17, 15) is 5.11 Å². The molecule has 0 fully saturated rings. The molecule has 0 spiro atoms. The Labute approximate surface area is 142 Å². The number of nitrogens with zero attached hydrogens (tertiary/aromatic N) is 4. The highest BCUT2D eigenvalue weighted by molar-refractivity contribution is 7.22. The first-order chi connectivity index (χ1) is 11.8. The van der Waals surface area contributed by atoms with Crippen molar-refractivity contribution < 1.29 is 5.11 Å². The molecule has 0 bridgehead atoms. The van der Waals surface area contributed by atoms with Crippen LogP contribution in [0.5, 0.6) is 5.75 Å². The van der Waals surface area contributed by atoms with Crippen LogP contribution in [0.4, 0.5) is 0 Å². The minimum absolute atomic E-state index is 0.284. The number of hydrogen-bond acceptors (Lipinski definition) is 5. The van der Waals surface area contributed by atoms with Crippen LogP contribution in [0.1, 0.15) is 19.8 Å². The molecule has 6 nitrogen and oxygen atoms in total. The van der Waals surface area contributed by atoms with Crippen LogP contribution in [-0.2, 0) is 6.54 Å². The number of aromatic nitrogens is 5. The van der Waals surface area contributed by atoms with E-state index in [4.69, 9.17) is 0 Å². The molecule has 4 aromatic rings. The Bertz CT molecular complexity index is 953. The zero-order chi connectivity index (χ0) is 16.5. The molecular formula is C17H17N5OS. The summed E-state index contributed by atoms with van der Waals surface area (Å²) in [5, 5.41) is 23.8. The Morgan fingerprint density at radius 1 is 1.21 bits per heavy atom. The van der Waals surface area contributed by atoms with Gasteiger partial charge in [0.2, 0.25) is 5.82 Å². The van der Waals surface area contributed by atoms with Crippen LogP contribution in [0, 0.1) is 0 Å². The molecule has 3 aromatic heterocycles. The van der Waals surface area contributed by atoms with Gasteiger partial charge >= 0.3 is 0 Å². The van der Waals surface area contributed by atoms with E-state index in [0.717, 1.165) is 29.8 Å². The van der Waals surface area contributed by atoms with E-state index in [2.05, 4.69) is 44.2 Å². The van der Waals surface area contributed by atoms with E-state index in [1.165, 1.54) is 15.9 Å². The van der Waals surface area contributed by atoms with Crippen LogP contribution in [0.3, 0.4) is 0 Å². The van der Waals surface area contributed by atoms with Crippen LogP contribution < -0.4 is 0 Å². The molecule has 2 N–H and O–H groups in total. The van der Waals surface area contributed by atoms with Gasteiger partial charge in [-0.3, -0.25) is 0 Å². The first-order valence-corrected chi connectivity index (χ1v) is 8.74. The summed E-state index contributed by atoms with van der Waals surface area (Å²) in [6.45, 7) is 3.15. The van der Waals surface area contributed by atoms with Crippen molar-refractivity contribution in [2.75, 3.05) is 0 Å². The second kappa shape index (κ2) is 6.09. The predicted molar refractivity (Wildman–Crippen MR) is 95.0 cm³/mol. The second-order valence-electron chi connectivity index (χ2n) is 5.68. The fourth-order valence-electron chi connectivity index (χ4n) is 2.85. The maximum atomic E-state index is 9.53. The number of nitrogens with one attached hydrogen (secondary N) is 1. The van der Waals surface area contributed by atoms with E-state index in [1.54, 1.807) is 23.5 Å². The first-order valence-electron chi connectivity index (χ1n) is 7.92. The van der Waals surface area contributed by atoms with Gasteiger partial charge in [0.1, 0.15) is 5.75 Å². The zero-order valence-corrected chi connectivity index (χ0v) is 14.0. The van der Waals surface area contributed by atoms with Crippen LogP contribution in [0.2, 0.25) is 0 Å². The number of hydrogen-bond donors (Lipinski definition) is 2. The maximum Gasteiger partial charge on any atom is 0.214 e. The van der Waals surface area contributed by atoms with Crippen molar-refractivity contribution in [3.63, 3.8) is 0 Å². The Kier molecular flexibility index (Phi) is 3.78. The maximum absolute atomic E-state index is 9.53. The summed E-state index contributed by atoms with van der Waals surface area (Å²) in [7, 11) is 0. The standard InChI is InChI=1S/C17H17N5OS/c1-2-3-8-22-13(11-4-6-12(23)7-5-11)9-15-14(22)10-16(24-15)17-18-20-21-19-17/h4-7,9-10,23H,2-3,8H2,1H3,(H,18,19,20,21). The molecule has 0 aliphatic rings. The summed E-state index contributed by atoms with van der Waals surface area (Å²) in [5.41, 5.74) is 3.47. The molecule has 3 heterocycles. The van der Waals surface area contributed by atoms with Crippen LogP contribution in [0.15, 0.2) is 36.4 Å². The van der Waals surface area contributed by atoms with Crippen molar-refractivity contribution >= 4 is 21.6 Å². The number of unbranched alkanes of at least 4 members (excludes halogenated alkanes) is 1. The lowest BCUT2D eigenvalue weighted by Gasteiger charge is -2.10. The quantitative estimate of drug-likeness (QED) is 0.575. The highest BCUT2D eigenvalue weighted by Gasteiger charge is 2.16. The fourth-order valence-corrected chi connectivity index (χ4v) is 3.88.